The van der Waals surface area contributed by atoms with Gasteiger partial charge in [0.25, 0.3) is 5.91 Å². The third kappa shape index (κ3) is 3.09. The first-order valence-electron chi connectivity index (χ1n) is 6.93. The summed E-state index contributed by atoms with van der Waals surface area (Å²) in [4.78, 5) is 25.4. The molecular formula is C15H20N2O4. The van der Waals surface area contributed by atoms with Gasteiger partial charge in [-0.05, 0) is 18.6 Å². The van der Waals surface area contributed by atoms with Crippen LogP contribution < -0.4 is 14.8 Å². The van der Waals surface area contributed by atoms with Crippen molar-refractivity contribution in [1.82, 2.24) is 4.90 Å². The zero-order valence-electron chi connectivity index (χ0n) is 12.5. The average molecular weight is 292 g/mol. The summed E-state index contributed by atoms with van der Waals surface area (Å²) >= 11 is 0. The number of methoxy groups -OCH3 is 2. The maximum absolute atomic E-state index is 12.2. The Morgan fingerprint density at radius 1 is 1.29 bits per heavy atom. The summed E-state index contributed by atoms with van der Waals surface area (Å²) in [6.45, 7) is 2.40. The molecule has 1 fully saturated rings. The summed E-state index contributed by atoms with van der Waals surface area (Å²) in [6.07, 6.45) is 0.922. The van der Waals surface area contributed by atoms with Crippen molar-refractivity contribution in [2.24, 2.45) is 0 Å². The van der Waals surface area contributed by atoms with Crippen molar-refractivity contribution in [3.8, 4) is 11.5 Å². The standard InChI is InChI=1S/C15H20N2O4/c1-4-7-17-14(18)9-12(15(17)19)16-11-8-10(20-2)5-6-13(11)21-3/h5-6,8,12,16H,4,7,9H2,1-3H3. The Morgan fingerprint density at radius 2 is 2.05 bits per heavy atom. The summed E-state index contributed by atoms with van der Waals surface area (Å²) < 4.78 is 10.4. The molecular weight excluding hydrogens is 272 g/mol. The first-order valence-corrected chi connectivity index (χ1v) is 6.93. The Hall–Kier alpha value is -2.24. The number of anilines is 1. The molecule has 1 aliphatic heterocycles. The highest BCUT2D eigenvalue weighted by Gasteiger charge is 2.38. The summed E-state index contributed by atoms with van der Waals surface area (Å²) in [5.74, 6) is 0.929. The number of likely N-dealkylation sites (tertiary alicyclic amines) is 1. The number of imide groups is 1. The average Bonchev–Trinajstić information content (AvgIpc) is 2.75. The first-order chi connectivity index (χ1) is 10.1. The third-order valence-electron chi connectivity index (χ3n) is 3.43. The molecule has 1 N–H and O–H groups in total. The SMILES string of the molecule is CCCN1C(=O)CC(Nc2cc(OC)ccc2OC)C1=O. The fraction of sp³-hybridized carbons (Fsp3) is 0.467. The number of carbonyl (C=O) groups is 2. The molecule has 2 amide bonds. The van der Waals surface area contributed by atoms with Crippen LogP contribution in [0.15, 0.2) is 18.2 Å². The number of hydrogen-bond acceptors (Lipinski definition) is 5. The van der Waals surface area contributed by atoms with Crippen molar-refractivity contribution < 1.29 is 19.1 Å². The lowest BCUT2D eigenvalue weighted by molar-refractivity contribution is -0.138. The van der Waals surface area contributed by atoms with Gasteiger partial charge in [-0.25, -0.2) is 0 Å². The van der Waals surface area contributed by atoms with Gasteiger partial charge in [-0.3, -0.25) is 14.5 Å². The minimum absolute atomic E-state index is 0.138. The van der Waals surface area contributed by atoms with Gasteiger partial charge in [-0.2, -0.15) is 0 Å². The van der Waals surface area contributed by atoms with Crippen LogP contribution in [0, 0.1) is 0 Å². The highest BCUT2D eigenvalue weighted by Crippen LogP contribution is 2.31. The predicted molar refractivity (Wildman–Crippen MR) is 78.6 cm³/mol. The monoisotopic (exact) mass is 292 g/mol. The van der Waals surface area contributed by atoms with Gasteiger partial charge in [-0.15, -0.1) is 0 Å². The maximum Gasteiger partial charge on any atom is 0.252 e. The molecule has 0 aliphatic carbocycles. The zero-order chi connectivity index (χ0) is 15.4. The molecule has 1 atom stereocenters. The maximum atomic E-state index is 12.2. The zero-order valence-corrected chi connectivity index (χ0v) is 12.5. The van der Waals surface area contributed by atoms with Gasteiger partial charge < -0.3 is 14.8 Å². The molecule has 6 nitrogen and oxygen atoms in total. The van der Waals surface area contributed by atoms with E-state index in [1.807, 2.05) is 6.92 Å². The normalized spacial score (nSPS) is 18.0. The van der Waals surface area contributed by atoms with Crippen LogP contribution in [0.1, 0.15) is 19.8 Å². The van der Waals surface area contributed by atoms with E-state index in [2.05, 4.69) is 5.32 Å². The highest BCUT2D eigenvalue weighted by molar-refractivity contribution is 6.06. The van der Waals surface area contributed by atoms with Crippen LogP contribution in [0.3, 0.4) is 0 Å². The van der Waals surface area contributed by atoms with Crippen molar-refractivity contribution in [2.75, 3.05) is 26.1 Å². The van der Waals surface area contributed by atoms with Gasteiger partial charge in [0.1, 0.15) is 17.5 Å². The molecule has 1 aromatic rings. The minimum atomic E-state index is -0.551. The van der Waals surface area contributed by atoms with Crippen molar-refractivity contribution in [3.05, 3.63) is 18.2 Å². The molecule has 6 heteroatoms. The van der Waals surface area contributed by atoms with E-state index in [0.29, 0.717) is 23.7 Å². The Bertz CT molecular complexity index is 544. The molecule has 1 aromatic carbocycles. The number of ether oxygens (including phenoxy) is 2. The number of benzene rings is 1. The largest absolute Gasteiger partial charge is 0.497 e. The molecule has 2 rings (SSSR count). The van der Waals surface area contributed by atoms with E-state index < -0.39 is 6.04 Å². The number of rotatable bonds is 6. The predicted octanol–water partition coefficient (Wildman–Crippen LogP) is 1.65. The van der Waals surface area contributed by atoms with Crippen molar-refractivity contribution in [2.45, 2.75) is 25.8 Å². The lowest BCUT2D eigenvalue weighted by Crippen LogP contribution is -2.35. The summed E-state index contributed by atoms with van der Waals surface area (Å²) in [7, 11) is 3.12. The van der Waals surface area contributed by atoms with Crippen LogP contribution in [0.4, 0.5) is 5.69 Å². The van der Waals surface area contributed by atoms with Gasteiger partial charge in [0.05, 0.1) is 26.3 Å². The molecule has 0 saturated carbocycles. The van der Waals surface area contributed by atoms with Crippen LogP contribution in [0.2, 0.25) is 0 Å². The van der Waals surface area contributed by atoms with E-state index in [9.17, 15) is 9.59 Å². The number of nitrogens with zero attached hydrogens (tertiary/aromatic N) is 1. The van der Waals surface area contributed by atoms with E-state index in [1.54, 1.807) is 32.4 Å². The molecule has 0 radical (unpaired) electrons. The topological polar surface area (TPSA) is 67.9 Å². The van der Waals surface area contributed by atoms with E-state index in [-0.39, 0.29) is 18.2 Å². The molecule has 0 spiro atoms. The number of amides is 2. The Balaban J connectivity index is 2.18. The van der Waals surface area contributed by atoms with Crippen molar-refractivity contribution in [3.63, 3.8) is 0 Å². The number of hydrogen-bond donors (Lipinski definition) is 1. The molecule has 114 valence electrons. The second kappa shape index (κ2) is 6.47. The lowest BCUT2D eigenvalue weighted by Gasteiger charge is -2.17. The Morgan fingerprint density at radius 3 is 2.67 bits per heavy atom. The Labute approximate surface area is 124 Å². The van der Waals surface area contributed by atoms with E-state index in [4.69, 9.17) is 9.47 Å². The summed E-state index contributed by atoms with van der Waals surface area (Å²) in [5.41, 5.74) is 0.640. The summed E-state index contributed by atoms with van der Waals surface area (Å²) in [6, 6.07) is 4.73. The quantitative estimate of drug-likeness (QED) is 0.808. The fourth-order valence-electron chi connectivity index (χ4n) is 2.37. The lowest BCUT2D eigenvalue weighted by atomic mass is 10.2. The van der Waals surface area contributed by atoms with Gasteiger partial charge in [0.15, 0.2) is 0 Å². The van der Waals surface area contributed by atoms with Crippen LogP contribution in [0.25, 0.3) is 0 Å². The summed E-state index contributed by atoms with van der Waals surface area (Å²) in [5, 5.41) is 3.09. The number of nitrogens with one attached hydrogen (secondary N) is 1. The molecule has 0 bridgehead atoms. The molecule has 1 saturated heterocycles. The smallest absolute Gasteiger partial charge is 0.252 e. The second-order valence-corrected chi connectivity index (χ2v) is 4.85. The first kappa shape index (κ1) is 15.2. The van der Waals surface area contributed by atoms with Crippen LogP contribution >= 0.6 is 0 Å². The van der Waals surface area contributed by atoms with E-state index in [0.717, 1.165) is 6.42 Å². The van der Waals surface area contributed by atoms with Crippen molar-refractivity contribution in [1.29, 1.82) is 0 Å². The molecule has 0 aromatic heterocycles. The van der Waals surface area contributed by atoms with Gasteiger partial charge in [-0.1, -0.05) is 6.92 Å². The third-order valence-corrected chi connectivity index (χ3v) is 3.43. The number of carbonyl (C=O) groups excluding carboxylic acids is 2. The second-order valence-electron chi connectivity index (χ2n) is 4.85. The van der Waals surface area contributed by atoms with Crippen molar-refractivity contribution >= 4 is 17.5 Å². The van der Waals surface area contributed by atoms with Crippen LogP contribution in [-0.2, 0) is 9.59 Å². The minimum Gasteiger partial charge on any atom is -0.497 e. The van der Waals surface area contributed by atoms with Gasteiger partial charge >= 0.3 is 0 Å². The van der Waals surface area contributed by atoms with Crippen LogP contribution in [-0.4, -0.2) is 43.5 Å². The molecule has 1 heterocycles. The van der Waals surface area contributed by atoms with Crippen LogP contribution in [0.5, 0.6) is 11.5 Å². The van der Waals surface area contributed by atoms with Gasteiger partial charge in [0.2, 0.25) is 5.91 Å². The Kier molecular flexibility index (Phi) is 4.67. The highest BCUT2D eigenvalue weighted by atomic mass is 16.5. The molecule has 1 unspecified atom stereocenters. The van der Waals surface area contributed by atoms with E-state index >= 15 is 0 Å². The van der Waals surface area contributed by atoms with Gasteiger partial charge in [0, 0.05) is 12.6 Å². The van der Waals surface area contributed by atoms with E-state index in [1.165, 1.54) is 4.90 Å². The fourth-order valence-corrected chi connectivity index (χ4v) is 2.37. The molecule has 1 aliphatic rings. The molecule has 21 heavy (non-hydrogen) atoms.